The van der Waals surface area contributed by atoms with Crippen LogP contribution in [0.1, 0.15) is 45.4 Å². The first-order valence-electron chi connectivity index (χ1n) is 7.29. The molecule has 0 aliphatic carbocycles. The van der Waals surface area contributed by atoms with Gasteiger partial charge in [0.25, 0.3) is 0 Å². The Morgan fingerprint density at radius 3 is 2.53 bits per heavy atom. The van der Waals surface area contributed by atoms with Crippen LogP contribution in [0.25, 0.3) is 0 Å². The van der Waals surface area contributed by atoms with Crippen LogP contribution in [-0.4, -0.2) is 48.1 Å². The van der Waals surface area contributed by atoms with Gasteiger partial charge in [0.05, 0.1) is 0 Å². The van der Waals surface area contributed by atoms with Crippen molar-refractivity contribution in [2.24, 2.45) is 5.92 Å². The summed E-state index contributed by atoms with van der Waals surface area (Å²) in [6, 6.07) is 0. The number of rotatable bonds is 8. The zero-order valence-corrected chi connectivity index (χ0v) is 11.9. The standard InChI is InChI=1S/C14H26N2O3/c1-12(11-14(18)19)10-13(17)15-6-5-9-16-7-3-2-4-8-16/h12H,2-11H2,1H3,(H,15,17)(H,18,19). The molecule has 1 unspecified atom stereocenters. The lowest BCUT2D eigenvalue weighted by molar-refractivity contribution is -0.138. The second-order valence-corrected chi connectivity index (χ2v) is 5.51. The second-order valence-electron chi connectivity index (χ2n) is 5.51. The van der Waals surface area contributed by atoms with E-state index < -0.39 is 5.97 Å². The van der Waals surface area contributed by atoms with Crippen LogP contribution < -0.4 is 5.32 Å². The Labute approximate surface area is 115 Å². The van der Waals surface area contributed by atoms with Crippen LogP contribution >= 0.6 is 0 Å². The van der Waals surface area contributed by atoms with Crippen molar-refractivity contribution >= 4 is 11.9 Å². The number of piperidine rings is 1. The van der Waals surface area contributed by atoms with Crippen molar-refractivity contribution in [3.63, 3.8) is 0 Å². The van der Waals surface area contributed by atoms with Crippen LogP contribution in [0.15, 0.2) is 0 Å². The van der Waals surface area contributed by atoms with Gasteiger partial charge in [-0.25, -0.2) is 0 Å². The molecule has 0 spiro atoms. The van der Waals surface area contributed by atoms with E-state index in [9.17, 15) is 9.59 Å². The van der Waals surface area contributed by atoms with Crippen molar-refractivity contribution in [2.75, 3.05) is 26.2 Å². The quantitative estimate of drug-likeness (QED) is 0.655. The minimum Gasteiger partial charge on any atom is -0.481 e. The predicted octanol–water partition coefficient (Wildman–Crippen LogP) is 1.48. The summed E-state index contributed by atoms with van der Waals surface area (Å²) in [5, 5.41) is 11.5. The fourth-order valence-corrected chi connectivity index (χ4v) is 2.47. The van der Waals surface area contributed by atoms with E-state index in [4.69, 9.17) is 5.11 Å². The lowest BCUT2D eigenvalue weighted by atomic mass is 10.0. The molecule has 0 radical (unpaired) electrons. The largest absolute Gasteiger partial charge is 0.481 e. The third-order valence-electron chi connectivity index (χ3n) is 3.48. The van der Waals surface area contributed by atoms with Crippen LogP contribution in [0.3, 0.4) is 0 Å². The van der Waals surface area contributed by atoms with E-state index in [-0.39, 0.29) is 18.2 Å². The first kappa shape index (κ1) is 16.0. The number of aliphatic carboxylic acids is 1. The fourth-order valence-electron chi connectivity index (χ4n) is 2.47. The molecule has 2 N–H and O–H groups in total. The molecule has 1 atom stereocenters. The van der Waals surface area contributed by atoms with Crippen molar-refractivity contribution < 1.29 is 14.7 Å². The number of likely N-dealkylation sites (tertiary alicyclic amines) is 1. The maximum atomic E-state index is 11.6. The van der Waals surface area contributed by atoms with E-state index in [1.807, 2.05) is 0 Å². The van der Waals surface area contributed by atoms with Crippen molar-refractivity contribution in [3.8, 4) is 0 Å². The maximum Gasteiger partial charge on any atom is 0.303 e. The highest BCUT2D eigenvalue weighted by molar-refractivity contribution is 5.77. The Balaban J connectivity index is 2.01. The van der Waals surface area contributed by atoms with E-state index in [1.54, 1.807) is 6.92 Å². The summed E-state index contributed by atoms with van der Waals surface area (Å²) in [5.74, 6) is -0.975. The second kappa shape index (κ2) is 8.91. The summed E-state index contributed by atoms with van der Waals surface area (Å²) < 4.78 is 0. The lowest BCUT2D eigenvalue weighted by Crippen LogP contribution is -2.33. The first-order chi connectivity index (χ1) is 9.08. The van der Waals surface area contributed by atoms with Crippen LogP contribution in [0.5, 0.6) is 0 Å². The van der Waals surface area contributed by atoms with Gasteiger partial charge in [0, 0.05) is 19.4 Å². The third kappa shape index (κ3) is 7.82. The van der Waals surface area contributed by atoms with Crippen molar-refractivity contribution in [1.29, 1.82) is 0 Å². The van der Waals surface area contributed by atoms with Gasteiger partial charge >= 0.3 is 5.97 Å². The molecule has 0 aromatic heterocycles. The molecular weight excluding hydrogens is 244 g/mol. The minimum absolute atomic E-state index is 0.0348. The van der Waals surface area contributed by atoms with Crippen molar-refractivity contribution in [3.05, 3.63) is 0 Å². The maximum absolute atomic E-state index is 11.6. The first-order valence-corrected chi connectivity index (χ1v) is 7.29. The number of amides is 1. The highest BCUT2D eigenvalue weighted by Crippen LogP contribution is 2.09. The predicted molar refractivity (Wildman–Crippen MR) is 74.0 cm³/mol. The van der Waals surface area contributed by atoms with Gasteiger partial charge in [-0.05, 0) is 44.8 Å². The summed E-state index contributed by atoms with van der Waals surface area (Å²) in [5.41, 5.74) is 0. The normalized spacial score (nSPS) is 17.9. The molecule has 0 saturated carbocycles. The number of nitrogens with zero attached hydrogens (tertiary/aromatic N) is 1. The number of carbonyl (C=O) groups excluding carboxylic acids is 1. The van der Waals surface area contributed by atoms with Crippen molar-refractivity contribution in [2.45, 2.75) is 45.4 Å². The van der Waals surface area contributed by atoms with Crippen molar-refractivity contribution in [1.82, 2.24) is 10.2 Å². The van der Waals surface area contributed by atoms with E-state index >= 15 is 0 Å². The molecule has 1 fully saturated rings. The number of carboxylic acid groups (broad SMARTS) is 1. The average molecular weight is 270 g/mol. The Kier molecular flexibility index (Phi) is 7.48. The lowest BCUT2D eigenvalue weighted by Gasteiger charge is -2.26. The Morgan fingerprint density at radius 2 is 1.89 bits per heavy atom. The smallest absolute Gasteiger partial charge is 0.303 e. The van der Waals surface area contributed by atoms with Gasteiger partial charge in [0.2, 0.25) is 5.91 Å². The number of carboxylic acids is 1. The SMILES string of the molecule is CC(CC(=O)O)CC(=O)NCCCN1CCCCC1. The molecule has 1 saturated heterocycles. The zero-order chi connectivity index (χ0) is 14.1. The molecule has 1 rings (SSSR count). The van der Waals surface area contributed by atoms with Gasteiger partial charge in [-0.1, -0.05) is 13.3 Å². The molecule has 1 heterocycles. The molecular formula is C14H26N2O3. The number of nitrogens with one attached hydrogen (secondary N) is 1. The molecule has 5 heteroatoms. The monoisotopic (exact) mass is 270 g/mol. The molecule has 5 nitrogen and oxygen atoms in total. The zero-order valence-electron chi connectivity index (χ0n) is 11.9. The molecule has 0 aromatic rings. The Bertz CT molecular complexity index is 288. The van der Waals surface area contributed by atoms with Gasteiger partial charge in [-0.2, -0.15) is 0 Å². The summed E-state index contributed by atoms with van der Waals surface area (Å²) in [7, 11) is 0. The van der Waals surface area contributed by atoms with E-state index in [0.29, 0.717) is 13.0 Å². The highest BCUT2D eigenvalue weighted by Gasteiger charge is 2.13. The van der Waals surface area contributed by atoms with Gasteiger partial charge in [0.1, 0.15) is 0 Å². The molecule has 1 aliphatic heterocycles. The van der Waals surface area contributed by atoms with E-state index in [1.165, 1.54) is 32.4 Å². The molecule has 110 valence electrons. The summed E-state index contributed by atoms with van der Waals surface area (Å²) in [4.78, 5) is 24.5. The van der Waals surface area contributed by atoms with Gasteiger partial charge < -0.3 is 15.3 Å². The Hall–Kier alpha value is -1.10. The van der Waals surface area contributed by atoms with Crippen LogP contribution in [-0.2, 0) is 9.59 Å². The summed E-state index contributed by atoms with van der Waals surface area (Å²) in [6.07, 6.45) is 5.25. The van der Waals surface area contributed by atoms with Crippen LogP contribution in [0.4, 0.5) is 0 Å². The number of hydrogen-bond acceptors (Lipinski definition) is 3. The molecule has 1 amide bonds. The number of carbonyl (C=O) groups is 2. The topological polar surface area (TPSA) is 69.6 Å². The molecule has 19 heavy (non-hydrogen) atoms. The Morgan fingerprint density at radius 1 is 1.21 bits per heavy atom. The summed E-state index contributed by atoms with van der Waals surface area (Å²) in [6.45, 7) is 5.90. The number of hydrogen-bond donors (Lipinski definition) is 2. The van der Waals surface area contributed by atoms with Gasteiger partial charge in [-0.15, -0.1) is 0 Å². The van der Waals surface area contributed by atoms with Gasteiger partial charge in [0.15, 0.2) is 0 Å². The highest BCUT2D eigenvalue weighted by atomic mass is 16.4. The van der Waals surface area contributed by atoms with Gasteiger partial charge in [-0.3, -0.25) is 9.59 Å². The minimum atomic E-state index is -0.842. The third-order valence-corrected chi connectivity index (χ3v) is 3.48. The average Bonchev–Trinajstić information content (AvgIpc) is 2.35. The molecule has 1 aliphatic rings. The van der Waals surface area contributed by atoms with Crippen LogP contribution in [0.2, 0.25) is 0 Å². The van der Waals surface area contributed by atoms with E-state index in [0.717, 1.165) is 13.0 Å². The van der Waals surface area contributed by atoms with Crippen LogP contribution in [0, 0.1) is 5.92 Å². The molecule has 0 bridgehead atoms. The fraction of sp³-hybridized carbons (Fsp3) is 0.857. The summed E-state index contributed by atoms with van der Waals surface area (Å²) >= 11 is 0. The van der Waals surface area contributed by atoms with E-state index in [2.05, 4.69) is 10.2 Å². The molecule has 0 aromatic carbocycles.